The largest absolute Gasteiger partial charge is 0.465 e. The van der Waals surface area contributed by atoms with E-state index in [0.717, 1.165) is 57.8 Å². The number of hydrogen-bond donors (Lipinski definition) is 2. The van der Waals surface area contributed by atoms with Crippen LogP contribution in [0.1, 0.15) is 85.5 Å². The van der Waals surface area contributed by atoms with Crippen LogP contribution in [-0.4, -0.2) is 46.6 Å². The normalized spacial score (nSPS) is 47.5. The summed E-state index contributed by atoms with van der Waals surface area (Å²) < 4.78 is 11.2. The molecule has 0 amide bonds. The molecule has 1 unspecified atom stereocenters. The molecule has 0 heterocycles. The summed E-state index contributed by atoms with van der Waals surface area (Å²) in [4.78, 5) is 23.3. The van der Waals surface area contributed by atoms with Gasteiger partial charge >= 0.3 is 11.9 Å². The fourth-order valence-electron chi connectivity index (χ4n) is 8.66. The van der Waals surface area contributed by atoms with Gasteiger partial charge in [-0.15, -0.1) is 0 Å². The molecule has 4 rings (SSSR count). The van der Waals surface area contributed by atoms with E-state index in [1.807, 2.05) is 6.92 Å². The predicted molar refractivity (Wildman–Crippen MR) is 115 cm³/mol. The molecule has 0 aliphatic heterocycles. The minimum Gasteiger partial charge on any atom is -0.465 e. The standard InChI is InChI=1S/C25H40O6/c1-15(26)20-9-12-25(29)22-6-5-18-13-19(31-17(3)28)7-11-24(18,14-30-16(2)27)21(22)8-10-23(20,25)4/h15,18-22,26,29H,5-14H2,1-4H3/t15?,18-,19-,20+,21-,22+,23+,24+,25-/m0/s1. The number of rotatable bonds is 4. The second-order valence-corrected chi connectivity index (χ2v) is 11.3. The monoisotopic (exact) mass is 436 g/mol. The molecule has 6 nitrogen and oxygen atoms in total. The maximum absolute atomic E-state index is 12.1. The Morgan fingerprint density at radius 1 is 1.00 bits per heavy atom. The second-order valence-electron chi connectivity index (χ2n) is 11.3. The summed E-state index contributed by atoms with van der Waals surface area (Å²) in [5, 5.41) is 22.6. The van der Waals surface area contributed by atoms with Crippen LogP contribution in [0.25, 0.3) is 0 Å². The molecular weight excluding hydrogens is 396 g/mol. The summed E-state index contributed by atoms with van der Waals surface area (Å²) >= 11 is 0. The average molecular weight is 437 g/mol. The van der Waals surface area contributed by atoms with Gasteiger partial charge in [-0.3, -0.25) is 9.59 Å². The molecule has 4 saturated carbocycles. The zero-order valence-electron chi connectivity index (χ0n) is 19.6. The molecule has 0 spiro atoms. The van der Waals surface area contributed by atoms with E-state index in [1.54, 1.807) is 0 Å². The molecule has 2 N–H and O–H groups in total. The van der Waals surface area contributed by atoms with Crippen LogP contribution in [0.15, 0.2) is 0 Å². The molecule has 6 heteroatoms. The molecule has 0 aromatic heterocycles. The molecule has 0 aromatic carbocycles. The van der Waals surface area contributed by atoms with Gasteiger partial charge in [0.1, 0.15) is 6.10 Å². The van der Waals surface area contributed by atoms with Gasteiger partial charge in [-0.05, 0) is 88.4 Å². The zero-order chi connectivity index (χ0) is 22.6. The van der Waals surface area contributed by atoms with Crippen molar-refractivity contribution in [2.75, 3.05) is 6.61 Å². The molecule has 0 saturated heterocycles. The van der Waals surface area contributed by atoms with Crippen molar-refractivity contribution < 1.29 is 29.3 Å². The molecule has 31 heavy (non-hydrogen) atoms. The van der Waals surface area contributed by atoms with Crippen LogP contribution >= 0.6 is 0 Å². The first-order valence-electron chi connectivity index (χ1n) is 12.2. The Kier molecular flexibility index (Phi) is 5.96. The maximum Gasteiger partial charge on any atom is 0.302 e. The molecule has 0 radical (unpaired) electrons. The predicted octanol–water partition coefficient (Wildman–Crippen LogP) is 3.62. The first-order chi connectivity index (χ1) is 14.5. The van der Waals surface area contributed by atoms with Crippen LogP contribution in [-0.2, 0) is 19.1 Å². The molecule has 176 valence electrons. The van der Waals surface area contributed by atoms with E-state index in [9.17, 15) is 19.8 Å². The highest BCUT2D eigenvalue weighted by molar-refractivity contribution is 5.66. The Bertz CT molecular complexity index is 721. The molecule has 9 atom stereocenters. The van der Waals surface area contributed by atoms with E-state index in [0.29, 0.717) is 12.5 Å². The third-order valence-corrected chi connectivity index (χ3v) is 10.0. The lowest BCUT2D eigenvalue weighted by Crippen LogP contribution is -2.64. The van der Waals surface area contributed by atoms with Gasteiger partial charge in [-0.25, -0.2) is 0 Å². The topological polar surface area (TPSA) is 93.1 Å². The molecule has 0 aromatic rings. The van der Waals surface area contributed by atoms with Crippen LogP contribution in [0, 0.1) is 34.5 Å². The lowest BCUT2D eigenvalue weighted by atomic mass is 9.43. The Morgan fingerprint density at radius 2 is 1.74 bits per heavy atom. The Balaban J connectivity index is 1.65. The highest BCUT2D eigenvalue weighted by Gasteiger charge is 2.68. The van der Waals surface area contributed by atoms with Gasteiger partial charge in [0.2, 0.25) is 0 Å². The number of ether oxygens (including phenoxy) is 2. The van der Waals surface area contributed by atoms with Gasteiger partial charge in [0.15, 0.2) is 0 Å². The number of aliphatic hydroxyl groups is 2. The van der Waals surface area contributed by atoms with Crippen molar-refractivity contribution in [1.29, 1.82) is 0 Å². The summed E-state index contributed by atoms with van der Waals surface area (Å²) in [6, 6.07) is 0. The fraction of sp³-hybridized carbons (Fsp3) is 0.920. The number of hydrogen-bond acceptors (Lipinski definition) is 6. The van der Waals surface area contributed by atoms with Gasteiger partial charge in [-0.1, -0.05) is 6.92 Å². The van der Waals surface area contributed by atoms with E-state index in [4.69, 9.17) is 9.47 Å². The lowest BCUT2D eigenvalue weighted by Gasteiger charge is -2.64. The summed E-state index contributed by atoms with van der Waals surface area (Å²) in [6.07, 6.45) is 7.37. The van der Waals surface area contributed by atoms with E-state index in [1.165, 1.54) is 13.8 Å². The molecular formula is C25H40O6. The first kappa shape index (κ1) is 23.0. The number of esters is 2. The molecule has 4 aliphatic carbocycles. The second kappa shape index (κ2) is 8.02. The van der Waals surface area contributed by atoms with E-state index in [2.05, 4.69) is 6.92 Å². The summed E-state index contributed by atoms with van der Waals surface area (Å²) in [6.45, 7) is 7.38. The quantitative estimate of drug-likeness (QED) is 0.654. The smallest absolute Gasteiger partial charge is 0.302 e. The van der Waals surface area contributed by atoms with Crippen LogP contribution in [0.2, 0.25) is 0 Å². The number of fused-ring (bicyclic) bond motifs is 5. The third kappa shape index (κ3) is 3.52. The van der Waals surface area contributed by atoms with Gasteiger partial charge < -0.3 is 19.7 Å². The number of carbonyl (C=O) groups is 2. The molecule has 4 fully saturated rings. The average Bonchev–Trinajstić information content (AvgIpc) is 2.97. The van der Waals surface area contributed by atoms with Crippen LogP contribution in [0.4, 0.5) is 0 Å². The first-order valence-corrected chi connectivity index (χ1v) is 12.2. The van der Waals surface area contributed by atoms with Crippen molar-refractivity contribution in [3.05, 3.63) is 0 Å². The Morgan fingerprint density at radius 3 is 2.39 bits per heavy atom. The van der Waals surface area contributed by atoms with Crippen molar-refractivity contribution in [3.63, 3.8) is 0 Å². The fourth-order valence-corrected chi connectivity index (χ4v) is 8.66. The van der Waals surface area contributed by atoms with E-state index < -0.39 is 11.7 Å². The molecule has 4 aliphatic rings. The minimum absolute atomic E-state index is 0.0625. The number of carbonyl (C=O) groups excluding carboxylic acids is 2. The minimum atomic E-state index is -0.779. The number of aliphatic hydroxyl groups excluding tert-OH is 1. The van der Waals surface area contributed by atoms with Crippen molar-refractivity contribution in [2.45, 2.75) is 103 Å². The Hall–Kier alpha value is -1.14. The van der Waals surface area contributed by atoms with Crippen LogP contribution < -0.4 is 0 Å². The zero-order valence-corrected chi connectivity index (χ0v) is 19.6. The summed E-state index contributed by atoms with van der Waals surface area (Å²) in [7, 11) is 0. The van der Waals surface area contributed by atoms with E-state index >= 15 is 0 Å². The van der Waals surface area contributed by atoms with Gasteiger partial charge in [0.25, 0.3) is 0 Å². The van der Waals surface area contributed by atoms with Crippen LogP contribution in [0.5, 0.6) is 0 Å². The van der Waals surface area contributed by atoms with Crippen molar-refractivity contribution >= 4 is 11.9 Å². The highest BCUT2D eigenvalue weighted by atomic mass is 16.5. The highest BCUT2D eigenvalue weighted by Crippen LogP contribution is 2.69. The van der Waals surface area contributed by atoms with E-state index in [-0.39, 0.29) is 46.6 Å². The van der Waals surface area contributed by atoms with Gasteiger partial charge in [-0.2, -0.15) is 0 Å². The Labute approximate surface area is 186 Å². The SMILES string of the molecule is CC(=O)OC[C@]12CC[C@H](OC(C)=O)C[C@@H]1CC[C@@H]1[C@@H]2CC[C@]2(C)[C@@H](C(C)O)CC[C@]12O. The third-order valence-electron chi connectivity index (χ3n) is 10.0. The van der Waals surface area contributed by atoms with Crippen molar-refractivity contribution in [2.24, 2.45) is 34.5 Å². The van der Waals surface area contributed by atoms with Crippen LogP contribution in [0.3, 0.4) is 0 Å². The maximum atomic E-state index is 12.1. The van der Waals surface area contributed by atoms with Crippen molar-refractivity contribution in [1.82, 2.24) is 0 Å². The summed E-state index contributed by atoms with van der Waals surface area (Å²) in [5.41, 5.74) is -1.21. The molecule has 0 bridgehead atoms. The lowest BCUT2D eigenvalue weighted by molar-refractivity contribution is -0.229. The van der Waals surface area contributed by atoms with Gasteiger partial charge in [0.05, 0.1) is 18.3 Å². The van der Waals surface area contributed by atoms with Gasteiger partial charge in [0, 0.05) is 24.7 Å². The van der Waals surface area contributed by atoms with Crippen molar-refractivity contribution in [3.8, 4) is 0 Å². The summed E-state index contributed by atoms with van der Waals surface area (Å²) in [5.74, 6) is 0.408.